The number of carbonyl (C=O) groups excluding carboxylic acids is 1. The van der Waals surface area contributed by atoms with Gasteiger partial charge in [-0.3, -0.25) is 9.78 Å². The number of amides is 1. The van der Waals surface area contributed by atoms with E-state index in [0.29, 0.717) is 30.0 Å². The van der Waals surface area contributed by atoms with Crippen LogP contribution in [0.3, 0.4) is 0 Å². The lowest BCUT2D eigenvalue weighted by molar-refractivity contribution is -0.120. The van der Waals surface area contributed by atoms with Crippen molar-refractivity contribution >= 4 is 21.6 Å². The summed E-state index contributed by atoms with van der Waals surface area (Å²) in [5.41, 5.74) is 0.554. The van der Waals surface area contributed by atoms with Crippen LogP contribution in [0.2, 0.25) is 0 Å². The molecule has 1 aliphatic rings. The van der Waals surface area contributed by atoms with Crippen molar-refractivity contribution < 1.29 is 22.7 Å². The number of rotatable bonds is 6. The molecule has 0 bridgehead atoms. The average molecular weight is 405 g/mol. The number of carbonyl (C=O) groups is 1. The monoisotopic (exact) mass is 405 g/mol. The van der Waals surface area contributed by atoms with Crippen LogP contribution in [0.15, 0.2) is 47.6 Å². The highest BCUT2D eigenvalue weighted by atomic mass is 32.2. The maximum atomic E-state index is 12.7. The highest BCUT2D eigenvalue weighted by Gasteiger charge is 2.32. The minimum atomic E-state index is -3.58. The molecule has 1 aromatic carbocycles. The number of aromatic nitrogens is 1. The first-order valence-corrected chi connectivity index (χ1v) is 10.3. The van der Waals surface area contributed by atoms with Crippen LogP contribution < -0.4 is 14.8 Å². The molecule has 0 atom stereocenters. The molecule has 150 valence electrons. The van der Waals surface area contributed by atoms with E-state index in [2.05, 4.69) is 10.3 Å². The third kappa shape index (κ3) is 4.26. The van der Waals surface area contributed by atoms with Crippen LogP contribution in [0.1, 0.15) is 12.8 Å². The maximum Gasteiger partial charge on any atom is 0.244 e. The summed E-state index contributed by atoms with van der Waals surface area (Å²) in [6.07, 6.45) is 3.76. The van der Waals surface area contributed by atoms with Crippen LogP contribution in [-0.4, -0.2) is 50.9 Å². The molecule has 8 nitrogen and oxygen atoms in total. The van der Waals surface area contributed by atoms with E-state index < -0.39 is 10.0 Å². The Morgan fingerprint density at radius 3 is 2.54 bits per heavy atom. The van der Waals surface area contributed by atoms with Crippen molar-refractivity contribution in [1.82, 2.24) is 9.29 Å². The summed E-state index contributed by atoms with van der Waals surface area (Å²) in [5, 5.41) is 2.87. The SMILES string of the molecule is COc1ccc(NC(=O)C2CCN(S(=O)(=O)c3cccnc3)CC2)c(OC)c1. The molecule has 1 amide bonds. The molecule has 0 spiro atoms. The molecular weight excluding hydrogens is 382 g/mol. The number of methoxy groups -OCH3 is 2. The molecule has 1 fully saturated rings. The van der Waals surface area contributed by atoms with E-state index in [0.717, 1.165) is 0 Å². The number of ether oxygens (including phenoxy) is 2. The second kappa shape index (κ2) is 8.57. The minimum Gasteiger partial charge on any atom is -0.497 e. The van der Waals surface area contributed by atoms with Gasteiger partial charge in [-0.25, -0.2) is 8.42 Å². The van der Waals surface area contributed by atoms with Crippen LogP contribution in [0.25, 0.3) is 0 Å². The minimum absolute atomic E-state index is 0.151. The lowest BCUT2D eigenvalue weighted by atomic mass is 9.97. The Balaban J connectivity index is 1.63. The average Bonchev–Trinajstić information content (AvgIpc) is 2.74. The second-order valence-corrected chi connectivity index (χ2v) is 8.36. The number of pyridine rings is 1. The Morgan fingerprint density at radius 1 is 1.18 bits per heavy atom. The van der Waals surface area contributed by atoms with Crippen molar-refractivity contribution in [3.05, 3.63) is 42.7 Å². The Morgan fingerprint density at radius 2 is 1.93 bits per heavy atom. The number of nitrogens with one attached hydrogen (secondary N) is 1. The van der Waals surface area contributed by atoms with Gasteiger partial charge in [-0.15, -0.1) is 0 Å². The zero-order chi connectivity index (χ0) is 20.1. The summed E-state index contributed by atoms with van der Waals surface area (Å²) in [6, 6.07) is 8.27. The summed E-state index contributed by atoms with van der Waals surface area (Å²) in [4.78, 5) is 16.7. The molecule has 1 aromatic heterocycles. The summed E-state index contributed by atoms with van der Waals surface area (Å²) in [7, 11) is -0.507. The van der Waals surface area contributed by atoms with Gasteiger partial charge in [0.15, 0.2) is 0 Å². The molecule has 0 saturated carbocycles. The van der Waals surface area contributed by atoms with Crippen LogP contribution in [0, 0.1) is 5.92 Å². The maximum absolute atomic E-state index is 12.7. The standard InChI is InChI=1S/C19H23N3O5S/c1-26-15-5-6-17(18(12-15)27-2)21-19(23)14-7-10-22(11-8-14)28(24,25)16-4-3-9-20-13-16/h3-6,9,12-14H,7-8,10-11H2,1-2H3,(H,21,23). The molecule has 1 aliphatic heterocycles. The zero-order valence-corrected chi connectivity index (χ0v) is 16.6. The first kappa shape index (κ1) is 20.1. The predicted octanol–water partition coefficient (Wildman–Crippen LogP) is 2.14. The fraction of sp³-hybridized carbons (Fsp3) is 0.368. The molecule has 2 heterocycles. The van der Waals surface area contributed by atoms with Crippen LogP contribution in [0.4, 0.5) is 5.69 Å². The Kier molecular flexibility index (Phi) is 6.15. The van der Waals surface area contributed by atoms with E-state index in [-0.39, 0.29) is 29.8 Å². The zero-order valence-electron chi connectivity index (χ0n) is 15.8. The normalized spacial score (nSPS) is 15.8. The fourth-order valence-corrected chi connectivity index (χ4v) is 4.58. The largest absolute Gasteiger partial charge is 0.497 e. The summed E-state index contributed by atoms with van der Waals surface area (Å²) >= 11 is 0. The number of hydrogen-bond donors (Lipinski definition) is 1. The Bertz CT molecular complexity index is 926. The van der Waals surface area contributed by atoms with Crippen LogP contribution in [-0.2, 0) is 14.8 Å². The summed E-state index contributed by atoms with van der Waals surface area (Å²) in [5.74, 6) is 0.710. The molecule has 2 aromatic rings. The number of piperidine rings is 1. The van der Waals surface area contributed by atoms with Gasteiger partial charge in [0.05, 0.1) is 19.9 Å². The van der Waals surface area contributed by atoms with Gasteiger partial charge in [-0.2, -0.15) is 4.31 Å². The second-order valence-electron chi connectivity index (χ2n) is 6.42. The summed E-state index contributed by atoms with van der Waals surface area (Å²) < 4.78 is 37.2. The number of hydrogen-bond acceptors (Lipinski definition) is 6. The first-order chi connectivity index (χ1) is 13.5. The van der Waals surface area contributed by atoms with E-state index >= 15 is 0 Å². The lowest BCUT2D eigenvalue weighted by Crippen LogP contribution is -2.41. The van der Waals surface area contributed by atoms with Gasteiger partial charge < -0.3 is 14.8 Å². The van der Waals surface area contributed by atoms with Crippen molar-refractivity contribution in [3.63, 3.8) is 0 Å². The van der Waals surface area contributed by atoms with Gasteiger partial charge in [-0.05, 0) is 37.1 Å². The Hall–Kier alpha value is -2.65. The molecule has 28 heavy (non-hydrogen) atoms. The lowest BCUT2D eigenvalue weighted by Gasteiger charge is -2.30. The quantitative estimate of drug-likeness (QED) is 0.791. The topological polar surface area (TPSA) is 97.8 Å². The smallest absolute Gasteiger partial charge is 0.244 e. The van der Waals surface area contributed by atoms with Crippen molar-refractivity contribution in [2.45, 2.75) is 17.7 Å². The molecular formula is C19H23N3O5S. The van der Waals surface area contributed by atoms with E-state index in [1.165, 1.54) is 29.9 Å². The molecule has 0 unspecified atom stereocenters. The fourth-order valence-electron chi connectivity index (χ4n) is 3.14. The van der Waals surface area contributed by atoms with Crippen molar-refractivity contribution in [2.24, 2.45) is 5.92 Å². The van der Waals surface area contributed by atoms with E-state index in [1.54, 1.807) is 31.4 Å². The molecule has 0 aliphatic carbocycles. The van der Waals surface area contributed by atoms with Crippen molar-refractivity contribution in [2.75, 3.05) is 32.6 Å². The first-order valence-electron chi connectivity index (χ1n) is 8.88. The Labute approximate surface area is 164 Å². The van der Waals surface area contributed by atoms with Crippen LogP contribution in [0.5, 0.6) is 11.5 Å². The molecule has 3 rings (SSSR count). The van der Waals surface area contributed by atoms with Crippen molar-refractivity contribution in [3.8, 4) is 11.5 Å². The van der Waals surface area contributed by atoms with Gasteiger partial charge in [0.25, 0.3) is 0 Å². The molecule has 1 N–H and O–H groups in total. The number of anilines is 1. The van der Waals surface area contributed by atoms with E-state index in [9.17, 15) is 13.2 Å². The van der Waals surface area contributed by atoms with Gasteiger partial charge in [0.1, 0.15) is 16.4 Å². The third-order valence-electron chi connectivity index (χ3n) is 4.76. The van der Waals surface area contributed by atoms with E-state index in [4.69, 9.17) is 9.47 Å². The van der Waals surface area contributed by atoms with Crippen molar-refractivity contribution in [1.29, 1.82) is 0 Å². The molecule has 1 saturated heterocycles. The number of nitrogens with zero attached hydrogens (tertiary/aromatic N) is 2. The third-order valence-corrected chi connectivity index (χ3v) is 6.65. The highest BCUT2D eigenvalue weighted by Crippen LogP contribution is 2.30. The van der Waals surface area contributed by atoms with Gasteiger partial charge in [0, 0.05) is 37.5 Å². The molecule has 0 radical (unpaired) electrons. The van der Waals surface area contributed by atoms with Gasteiger partial charge in [-0.1, -0.05) is 0 Å². The predicted molar refractivity (Wildman–Crippen MR) is 104 cm³/mol. The number of benzene rings is 1. The molecule has 9 heteroatoms. The van der Waals surface area contributed by atoms with Gasteiger partial charge in [0.2, 0.25) is 15.9 Å². The highest BCUT2D eigenvalue weighted by molar-refractivity contribution is 7.89. The number of sulfonamides is 1. The summed E-state index contributed by atoms with van der Waals surface area (Å²) in [6.45, 7) is 0.574. The van der Waals surface area contributed by atoms with Crippen LogP contribution >= 0.6 is 0 Å². The van der Waals surface area contributed by atoms with E-state index in [1.807, 2.05) is 0 Å². The van der Waals surface area contributed by atoms with Gasteiger partial charge >= 0.3 is 0 Å².